The number of carboxylic acids is 1. The number of hydrogen-bond acceptors (Lipinski definition) is 11. The van der Waals surface area contributed by atoms with Gasteiger partial charge < -0.3 is 19.1 Å². The van der Waals surface area contributed by atoms with Gasteiger partial charge in [0.2, 0.25) is 0 Å². The summed E-state index contributed by atoms with van der Waals surface area (Å²) in [5.41, 5.74) is -1.40. The van der Waals surface area contributed by atoms with Crippen molar-refractivity contribution in [2.24, 2.45) is 7.05 Å². The molecule has 2 N–H and O–H groups in total. The Hall–Kier alpha value is -5.93. The molecule has 14 nitrogen and oxygen atoms in total. The molecule has 236 valence electrons. The highest BCUT2D eigenvalue weighted by molar-refractivity contribution is 8.00. The molecule has 0 aliphatic heterocycles. The maximum absolute atomic E-state index is 14.9. The molecule has 0 aliphatic rings. The van der Waals surface area contributed by atoms with Crippen LogP contribution in [0.25, 0.3) is 16.6 Å². The number of aliphatic carboxylic acids is 1. The number of fused-ring (bicyclic) bond motifs is 1. The number of carbonyl (C=O) groups excluding carboxylic acids is 3. The normalized spacial score (nSPS) is 11.2. The van der Waals surface area contributed by atoms with E-state index in [4.69, 9.17) is 14.0 Å². The summed E-state index contributed by atoms with van der Waals surface area (Å²) < 4.78 is 38.4. The van der Waals surface area contributed by atoms with Gasteiger partial charge in [-0.15, -0.1) is 0 Å². The molecule has 0 saturated carbocycles. The smallest absolute Gasteiger partial charge is 0.373 e. The number of carbonyl (C=O) groups is 2. The molecule has 5 aromatic rings. The molecule has 1 unspecified atom stereocenters. The minimum Gasteiger partial charge on any atom is -0.480 e. The lowest BCUT2D eigenvalue weighted by Gasteiger charge is -2.19. The van der Waals surface area contributed by atoms with Gasteiger partial charge in [-0.3, -0.25) is 24.1 Å². The zero-order valence-electron chi connectivity index (χ0n) is 23.8. The van der Waals surface area contributed by atoms with Crippen LogP contribution in [0.1, 0.15) is 16.1 Å². The molecular formula is C29H22F2N6O8S. The van der Waals surface area contributed by atoms with Gasteiger partial charge in [-0.1, -0.05) is 0 Å². The molecule has 0 saturated heterocycles. The van der Waals surface area contributed by atoms with Crippen molar-refractivity contribution in [1.82, 2.24) is 24.4 Å². The summed E-state index contributed by atoms with van der Waals surface area (Å²) in [6.07, 6.45) is 5.39. The summed E-state index contributed by atoms with van der Waals surface area (Å²) in [7, 11) is 2.97. The van der Waals surface area contributed by atoms with Crippen LogP contribution in [0, 0.1) is 11.6 Å². The summed E-state index contributed by atoms with van der Waals surface area (Å²) in [4.78, 5) is 74.9. The third kappa shape index (κ3) is 7.06. The quantitative estimate of drug-likeness (QED) is 0.222. The summed E-state index contributed by atoms with van der Waals surface area (Å²) >= 11 is 0.993. The fourth-order valence-electron chi connectivity index (χ4n) is 4.29. The van der Waals surface area contributed by atoms with Crippen LogP contribution in [0.5, 0.6) is 0 Å². The monoisotopic (exact) mass is 652 g/mol. The second kappa shape index (κ2) is 14.2. The number of carboxylic acid groups (broad SMARTS) is 1. The highest BCUT2D eigenvalue weighted by atomic mass is 32.2. The van der Waals surface area contributed by atoms with Gasteiger partial charge in [0.1, 0.15) is 17.7 Å². The SMILES string of the molecule is CN(Sc1ccco1)c1cc(F)c(C(=O)NC(Cc2ccc(-n3c(=O)c4ccncc4n(C)c3=O)cn2)C(=O)O)cc1F.O=C=O. The molecule has 0 aliphatic carbocycles. The van der Waals surface area contributed by atoms with Crippen LogP contribution < -0.4 is 20.9 Å². The lowest BCUT2D eigenvalue weighted by Crippen LogP contribution is -2.42. The van der Waals surface area contributed by atoms with Gasteiger partial charge in [0.25, 0.3) is 11.5 Å². The molecule has 1 aromatic carbocycles. The lowest BCUT2D eigenvalue weighted by atomic mass is 10.1. The summed E-state index contributed by atoms with van der Waals surface area (Å²) in [6, 6.07) is 7.49. The van der Waals surface area contributed by atoms with E-state index in [1.54, 1.807) is 12.1 Å². The third-order valence-corrected chi connectivity index (χ3v) is 7.38. The van der Waals surface area contributed by atoms with E-state index in [1.807, 2.05) is 0 Å². The van der Waals surface area contributed by atoms with Crippen molar-refractivity contribution in [1.29, 1.82) is 0 Å². The summed E-state index contributed by atoms with van der Waals surface area (Å²) in [6.45, 7) is 0. The van der Waals surface area contributed by atoms with Crippen molar-refractivity contribution < 1.29 is 37.5 Å². The number of rotatable bonds is 9. The molecule has 0 radical (unpaired) electrons. The zero-order chi connectivity index (χ0) is 33.5. The van der Waals surface area contributed by atoms with E-state index in [2.05, 4.69) is 15.3 Å². The topological polar surface area (TPSA) is 187 Å². The van der Waals surface area contributed by atoms with Crippen LogP contribution in [0.2, 0.25) is 0 Å². The van der Waals surface area contributed by atoms with Gasteiger partial charge in [0, 0.05) is 50.4 Å². The van der Waals surface area contributed by atoms with Gasteiger partial charge in [-0.05, 0) is 36.4 Å². The number of furan rings is 1. The van der Waals surface area contributed by atoms with Crippen LogP contribution in [-0.4, -0.2) is 55.3 Å². The van der Waals surface area contributed by atoms with E-state index in [-0.39, 0.29) is 35.0 Å². The standard InChI is InChI=1S/C28H22F2N6O6S.CO2/c1-34-23-14-31-8-7-17(23)26(38)36(28(34)41)16-6-5-15(32-13-16)10-21(27(39)40)33-25(37)18-11-20(30)22(12-19(18)29)35(2)43-24-4-3-9-42-24;2-1-3/h3-9,11-14,21H,10H2,1-2H3,(H,33,37)(H,39,40);. The Bertz CT molecular complexity index is 2060. The first-order valence-corrected chi connectivity index (χ1v) is 13.7. The number of pyridine rings is 2. The van der Waals surface area contributed by atoms with Gasteiger partial charge in [0.15, 0.2) is 5.09 Å². The second-order valence-electron chi connectivity index (χ2n) is 9.34. The van der Waals surface area contributed by atoms with E-state index in [0.717, 1.165) is 22.6 Å². The number of anilines is 1. The van der Waals surface area contributed by atoms with Crippen LogP contribution in [0.4, 0.5) is 14.5 Å². The molecule has 1 atom stereocenters. The number of amides is 1. The molecular weight excluding hydrogens is 630 g/mol. The van der Waals surface area contributed by atoms with Crippen molar-refractivity contribution in [3.05, 3.63) is 111 Å². The Morgan fingerprint density at radius 1 is 1.13 bits per heavy atom. The van der Waals surface area contributed by atoms with Crippen LogP contribution >= 0.6 is 11.9 Å². The highest BCUT2D eigenvalue weighted by Gasteiger charge is 2.25. The molecule has 0 bridgehead atoms. The van der Waals surface area contributed by atoms with E-state index >= 15 is 0 Å². The zero-order valence-corrected chi connectivity index (χ0v) is 24.7. The molecule has 0 spiro atoms. The van der Waals surface area contributed by atoms with Crippen LogP contribution in [-0.2, 0) is 27.9 Å². The highest BCUT2D eigenvalue weighted by Crippen LogP contribution is 2.31. The van der Waals surface area contributed by atoms with Crippen LogP contribution in [0.3, 0.4) is 0 Å². The number of nitrogens with zero attached hydrogens (tertiary/aromatic N) is 5. The average molecular weight is 653 g/mol. The van der Waals surface area contributed by atoms with Crippen molar-refractivity contribution in [2.45, 2.75) is 17.6 Å². The summed E-state index contributed by atoms with van der Waals surface area (Å²) in [5, 5.41) is 12.6. The molecule has 4 heterocycles. The van der Waals surface area contributed by atoms with Crippen molar-refractivity contribution >= 4 is 46.6 Å². The van der Waals surface area contributed by atoms with E-state index in [1.165, 1.54) is 66.0 Å². The van der Waals surface area contributed by atoms with E-state index in [9.17, 15) is 33.1 Å². The van der Waals surface area contributed by atoms with Crippen molar-refractivity contribution in [3.63, 3.8) is 0 Å². The first kappa shape index (κ1) is 33.0. The lowest BCUT2D eigenvalue weighted by molar-refractivity contribution is -0.191. The minimum absolute atomic E-state index is 0.136. The predicted molar refractivity (Wildman–Crippen MR) is 157 cm³/mol. The van der Waals surface area contributed by atoms with Crippen molar-refractivity contribution in [3.8, 4) is 5.69 Å². The Morgan fingerprint density at radius 2 is 1.87 bits per heavy atom. The Morgan fingerprint density at radius 3 is 2.50 bits per heavy atom. The average Bonchev–Trinajstić information content (AvgIpc) is 3.54. The van der Waals surface area contributed by atoms with Gasteiger partial charge in [-0.25, -0.2) is 22.9 Å². The first-order valence-electron chi connectivity index (χ1n) is 12.9. The third-order valence-electron chi connectivity index (χ3n) is 6.50. The predicted octanol–water partition coefficient (Wildman–Crippen LogP) is 2.34. The van der Waals surface area contributed by atoms with Gasteiger partial charge in [-0.2, -0.15) is 9.59 Å². The number of hydrogen-bond donors (Lipinski definition) is 2. The molecule has 5 rings (SSSR count). The van der Waals surface area contributed by atoms with E-state index < -0.39 is 46.4 Å². The maximum Gasteiger partial charge on any atom is 0.373 e. The molecule has 1 amide bonds. The Labute approximate surface area is 261 Å². The maximum atomic E-state index is 14.9. The molecule has 17 heteroatoms. The second-order valence-corrected chi connectivity index (χ2v) is 10.5. The Kier molecular flexibility index (Phi) is 10.2. The van der Waals surface area contributed by atoms with Crippen LogP contribution in [0.15, 0.2) is 86.4 Å². The molecule has 0 fully saturated rings. The number of benzene rings is 1. The fraction of sp³-hybridized carbons (Fsp3) is 0.138. The minimum atomic E-state index is -1.56. The fourth-order valence-corrected chi connectivity index (χ4v) is 5.03. The number of halogens is 2. The van der Waals surface area contributed by atoms with Crippen molar-refractivity contribution in [2.75, 3.05) is 11.4 Å². The van der Waals surface area contributed by atoms with Gasteiger partial charge >= 0.3 is 17.8 Å². The Balaban J connectivity index is 0.00000154. The largest absolute Gasteiger partial charge is 0.480 e. The molecule has 4 aromatic heterocycles. The molecule has 46 heavy (non-hydrogen) atoms. The number of aromatic nitrogens is 4. The van der Waals surface area contributed by atoms with Gasteiger partial charge in [0.05, 0.1) is 46.5 Å². The van der Waals surface area contributed by atoms with E-state index in [0.29, 0.717) is 16.7 Å². The first-order chi connectivity index (χ1) is 22.0. The summed E-state index contributed by atoms with van der Waals surface area (Å²) in [5.74, 6) is -4.57. The number of aryl methyl sites for hydroxylation is 1. The number of nitrogens with one attached hydrogen (secondary N) is 1.